The first-order valence-corrected chi connectivity index (χ1v) is 7.88. The zero-order valence-corrected chi connectivity index (χ0v) is 9.94. The van der Waals surface area contributed by atoms with Crippen LogP contribution in [0.2, 0.25) is 18.6 Å². The second-order valence-electron chi connectivity index (χ2n) is 5.51. The molecule has 2 heteroatoms. The minimum Gasteiger partial charge on any atom is -0.417 e. The minimum atomic E-state index is -1.20. The predicted octanol–water partition coefficient (Wildman–Crippen LogP) is 3.42. The van der Waals surface area contributed by atoms with E-state index in [0.29, 0.717) is 5.41 Å². The summed E-state index contributed by atoms with van der Waals surface area (Å²) in [7, 11) is -1.20. The molecule has 1 aliphatic heterocycles. The van der Waals surface area contributed by atoms with Crippen LogP contribution in [0.25, 0.3) is 0 Å². The molecule has 1 saturated heterocycles. The van der Waals surface area contributed by atoms with Crippen molar-refractivity contribution in [3.63, 3.8) is 0 Å². The van der Waals surface area contributed by atoms with Gasteiger partial charge in [-0.3, -0.25) is 0 Å². The minimum absolute atomic E-state index is 0.346. The molecule has 0 aromatic carbocycles. The van der Waals surface area contributed by atoms with E-state index in [9.17, 15) is 0 Å². The third-order valence-electron chi connectivity index (χ3n) is 2.51. The average molecular weight is 186 g/mol. The fourth-order valence-corrected chi connectivity index (χ4v) is 4.97. The van der Waals surface area contributed by atoms with Gasteiger partial charge in [0, 0.05) is 6.61 Å². The lowest BCUT2D eigenvalue weighted by Crippen LogP contribution is -2.34. The van der Waals surface area contributed by atoms with Gasteiger partial charge in [0.2, 0.25) is 0 Å². The first kappa shape index (κ1) is 10.3. The van der Waals surface area contributed by atoms with E-state index in [1.807, 2.05) is 0 Å². The van der Waals surface area contributed by atoms with Crippen molar-refractivity contribution in [3.8, 4) is 0 Å². The van der Waals surface area contributed by atoms with Gasteiger partial charge in [-0.2, -0.15) is 0 Å². The molecule has 0 aromatic rings. The van der Waals surface area contributed by atoms with Gasteiger partial charge >= 0.3 is 0 Å². The Bertz CT molecular complexity index is 142. The third-order valence-corrected chi connectivity index (χ3v) is 6.18. The van der Waals surface area contributed by atoms with E-state index in [4.69, 9.17) is 4.43 Å². The molecular formula is C10H22OSi. The lowest BCUT2D eigenvalue weighted by atomic mass is 9.99. The fourth-order valence-electron chi connectivity index (χ4n) is 1.66. The van der Waals surface area contributed by atoms with Gasteiger partial charge in [0.1, 0.15) is 0 Å². The van der Waals surface area contributed by atoms with Gasteiger partial charge < -0.3 is 4.43 Å². The molecule has 0 aromatic heterocycles. The lowest BCUT2D eigenvalue weighted by Gasteiger charge is -2.27. The highest BCUT2D eigenvalue weighted by Gasteiger charge is 2.33. The smallest absolute Gasteiger partial charge is 0.189 e. The van der Waals surface area contributed by atoms with Crippen molar-refractivity contribution < 1.29 is 4.43 Å². The molecular weight excluding hydrogens is 164 g/mol. The average Bonchev–Trinajstić information content (AvgIpc) is 2.32. The Morgan fingerprint density at radius 2 is 1.67 bits per heavy atom. The summed E-state index contributed by atoms with van der Waals surface area (Å²) in [6.07, 6.45) is 2.82. The highest BCUT2D eigenvalue weighted by molar-refractivity contribution is 6.73. The molecule has 1 heterocycles. The summed E-state index contributed by atoms with van der Waals surface area (Å²) in [5, 5.41) is 0. The molecule has 1 rings (SSSR count). The highest BCUT2D eigenvalue weighted by Crippen LogP contribution is 2.32. The molecule has 0 unspecified atom stereocenters. The largest absolute Gasteiger partial charge is 0.417 e. The molecule has 0 aliphatic carbocycles. The van der Waals surface area contributed by atoms with Crippen molar-refractivity contribution in [1.82, 2.24) is 0 Å². The Morgan fingerprint density at radius 3 is 2.08 bits per heavy atom. The first-order chi connectivity index (χ1) is 5.41. The summed E-state index contributed by atoms with van der Waals surface area (Å²) in [5.74, 6) is 0. The molecule has 1 nitrogen and oxygen atoms in total. The van der Waals surface area contributed by atoms with Crippen LogP contribution in [0.4, 0.5) is 0 Å². The van der Waals surface area contributed by atoms with Crippen molar-refractivity contribution in [3.05, 3.63) is 0 Å². The van der Waals surface area contributed by atoms with Gasteiger partial charge in [-0.1, -0.05) is 33.6 Å². The van der Waals surface area contributed by atoms with Crippen LogP contribution in [0.15, 0.2) is 0 Å². The molecule has 0 bridgehead atoms. The van der Waals surface area contributed by atoms with Crippen molar-refractivity contribution >= 4 is 8.32 Å². The van der Waals surface area contributed by atoms with Crippen molar-refractivity contribution in [2.75, 3.05) is 6.61 Å². The van der Waals surface area contributed by atoms with E-state index >= 15 is 0 Å². The molecule has 72 valence electrons. The van der Waals surface area contributed by atoms with E-state index in [2.05, 4.69) is 27.3 Å². The highest BCUT2D eigenvalue weighted by atomic mass is 28.4. The maximum Gasteiger partial charge on any atom is 0.189 e. The van der Waals surface area contributed by atoms with Crippen molar-refractivity contribution in [1.29, 1.82) is 0 Å². The van der Waals surface area contributed by atoms with E-state index in [1.54, 1.807) is 0 Å². The molecule has 0 radical (unpaired) electrons. The van der Waals surface area contributed by atoms with Crippen molar-refractivity contribution in [2.24, 2.45) is 5.41 Å². The zero-order valence-electron chi connectivity index (χ0n) is 8.94. The van der Waals surface area contributed by atoms with Gasteiger partial charge in [0.15, 0.2) is 8.32 Å². The number of hydrogen-bond donors (Lipinski definition) is 0. The van der Waals surface area contributed by atoms with Crippen LogP contribution in [0, 0.1) is 5.41 Å². The van der Waals surface area contributed by atoms with Crippen LogP contribution in [0.1, 0.15) is 33.6 Å². The maximum absolute atomic E-state index is 6.09. The van der Waals surface area contributed by atoms with Crippen LogP contribution in [0.5, 0.6) is 0 Å². The Morgan fingerprint density at radius 1 is 1.17 bits per heavy atom. The number of hydrogen-bond acceptors (Lipinski definition) is 1. The summed E-state index contributed by atoms with van der Waals surface area (Å²) < 4.78 is 6.09. The van der Waals surface area contributed by atoms with E-state index in [-0.39, 0.29) is 0 Å². The monoisotopic (exact) mass is 186 g/mol. The van der Waals surface area contributed by atoms with Crippen LogP contribution < -0.4 is 0 Å². The zero-order chi connectivity index (χ0) is 9.24. The van der Waals surface area contributed by atoms with E-state index in [0.717, 1.165) is 6.61 Å². The van der Waals surface area contributed by atoms with Crippen LogP contribution in [-0.4, -0.2) is 14.9 Å². The van der Waals surface area contributed by atoms with E-state index in [1.165, 1.54) is 24.9 Å². The molecule has 0 amide bonds. The summed E-state index contributed by atoms with van der Waals surface area (Å²) in [4.78, 5) is 0. The molecule has 0 saturated carbocycles. The van der Waals surface area contributed by atoms with Gasteiger partial charge in [-0.05, 0) is 24.1 Å². The van der Waals surface area contributed by atoms with Gasteiger partial charge in [0.05, 0.1) is 0 Å². The quantitative estimate of drug-likeness (QED) is 0.600. The maximum atomic E-state index is 6.09. The third kappa shape index (κ3) is 3.28. The molecule has 0 spiro atoms. The van der Waals surface area contributed by atoms with Crippen LogP contribution in [0.3, 0.4) is 0 Å². The molecule has 12 heavy (non-hydrogen) atoms. The summed E-state index contributed by atoms with van der Waals surface area (Å²) in [6, 6.07) is 2.78. The molecule has 1 fully saturated rings. The molecule has 0 atom stereocenters. The normalized spacial score (nSPS) is 23.0. The second-order valence-corrected chi connectivity index (χ2v) is 9.69. The topological polar surface area (TPSA) is 9.23 Å². The van der Waals surface area contributed by atoms with Crippen LogP contribution in [-0.2, 0) is 4.43 Å². The Labute approximate surface area is 77.6 Å². The summed E-state index contributed by atoms with van der Waals surface area (Å²) in [6.45, 7) is 10.1. The van der Waals surface area contributed by atoms with Crippen molar-refractivity contribution in [2.45, 2.75) is 52.2 Å². The Balaban J connectivity index is 2.30. The Hall–Kier alpha value is 0.177. The summed E-state index contributed by atoms with van der Waals surface area (Å²) in [5.41, 5.74) is 0.346. The van der Waals surface area contributed by atoms with Gasteiger partial charge in [-0.25, -0.2) is 0 Å². The first-order valence-electron chi connectivity index (χ1n) is 5.05. The molecule has 1 aliphatic rings. The lowest BCUT2D eigenvalue weighted by molar-refractivity contribution is 0.189. The van der Waals surface area contributed by atoms with E-state index < -0.39 is 8.32 Å². The van der Waals surface area contributed by atoms with Crippen LogP contribution >= 0.6 is 0 Å². The Kier molecular flexibility index (Phi) is 3.00. The standard InChI is InChI=1S/C10H22OSi/c1-10(2,3)9-11-12(4)7-5-6-8-12/h5-9H2,1-4H3. The van der Waals surface area contributed by atoms with Gasteiger partial charge in [-0.15, -0.1) is 0 Å². The predicted molar refractivity (Wildman–Crippen MR) is 55.9 cm³/mol. The second kappa shape index (κ2) is 3.50. The SMILES string of the molecule is CC(C)(C)CO[Si]1(C)CCCC1. The fraction of sp³-hybridized carbons (Fsp3) is 1.00. The molecule has 0 N–H and O–H groups in total. The summed E-state index contributed by atoms with van der Waals surface area (Å²) >= 11 is 0. The number of rotatable bonds is 2. The van der Waals surface area contributed by atoms with Gasteiger partial charge in [0.25, 0.3) is 0 Å².